The van der Waals surface area contributed by atoms with Gasteiger partial charge in [-0.25, -0.2) is 9.59 Å². The Labute approximate surface area is 182 Å². The van der Waals surface area contributed by atoms with Gasteiger partial charge in [-0.15, -0.1) is 0 Å². The summed E-state index contributed by atoms with van der Waals surface area (Å²) >= 11 is 0. The first-order chi connectivity index (χ1) is 14.6. The van der Waals surface area contributed by atoms with Gasteiger partial charge in [0.2, 0.25) is 0 Å². The average molecular weight is 424 g/mol. The summed E-state index contributed by atoms with van der Waals surface area (Å²) in [4.78, 5) is 25.1. The molecular weight excluding hydrogens is 396 g/mol. The van der Waals surface area contributed by atoms with Crippen molar-refractivity contribution in [3.05, 3.63) is 65.2 Å². The molecule has 6 heteroatoms. The van der Waals surface area contributed by atoms with E-state index in [0.29, 0.717) is 30.3 Å². The van der Waals surface area contributed by atoms with Gasteiger partial charge in [-0.2, -0.15) is 0 Å². The van der Waals surface area contributed by atoms with Crippen molar-refractivity contribution in [3.63, 3.8) is 0 Å². The van der Waals surface area contributed by atoms with Crippen LogP contribution in [0.5, 0.6) is 11.5 Å². The number of rotatable bonds is 6. The molecule has 2 aromatic carbocycles. The van der Waals surface area contributed by atoms with E-state index in [-0.39, 0.29) is 5.57 Å². The molecule has 0 bridgehead atoms. The Morgan fingerprint density at radius 2 is 1.58 bits per heavy atom. The second-order valence-electron chi connectivity index (χ2n) is 8.45. The maximum Gasteiger partial charge on any atom is 0.348 e. The van der Waals surface area contributed by atoms with E-state index in [1.54, 1.807) is 25.1 Å². The second-order valence-corrected chi connectivity index (χ2v) is 8.45. The van der Waals surface area contributed by atoms with Crippen LogP contribution in [-0.2, 0) is 25.7 Å². The summed E-state index contributed by atoms with van der Waals surface area (Å²) < 4.78 is 22.6. The van der Waals surface area contributed by atoms with Crippen molar-refractivity contribution in [1.82, 2.24) is 0 Å². The lowest BCUT2D eigenvalue weighted by Crippen LogP contribution is -2.52. The van der Waals surface area contributed by atoms with E-state index in [1.165, 1.54) is 6.08 Å². The molecule has 0 saturated carbocycles. The molecule has 0 atom stereocenters. The van der Waals surface area contributed by atoms with E-state index < -0.39 is 23.1 Å². The van der Waals surface area contributed by atoms with Gasteiger partial charge < -0.3 is 18.9 Å². The minimum atomic E-state index is -1.33. The fourth-order valence-electron chi connectivity index (χ4n) is 2.90. The third-order valence-electron chi connectivity index (χ3n) is 5.19. The zero-order valence-corrected chi connectivity index (χ0v) is 18.6. The molecule has 2 aromatic rings. The van der Waals surface area contributed by atoms with E-state index in [4.69, 9.17) is 18.9 Å². The zero-order valence-electron chi connectivity index (χ0n) is 18.6. The van der Waals surface area contributed by atoms with Gasteiger partial charge in [0.05, 0.1) is 6.61 Å². The average Bonchev–Trinajstić information content (AvgIpc) is 2.70. The van der Waals surface area contributed by atoms with Gasteiger partial charge in [0.1, 0.15) is 12.2 Å². The van der Waals surface area contributed by atoms with Crippen molar-refractivity contribution in [1.29, 1.82) is 0 Å². The first-order valence-corrected chi connectivity index (χ1v) is 10.2. The first kappa shape index (κ1) is 22.4. The van der Waals surface area contributed by atoms with Gasteiger partial charge in [-0.1, -0.05) is 57.2 Å². The molecule has 1 aliphatic heterocycles. The number of ether oxygens (including phenoxy) is 4. The fraction of sp³-hybridized carbons (Fsp3) is 0.360. The van der Waals surface area contributed by atoms with Crippen LogP contribution in [0.3, 0.4) is 0 Å². The van der Waals surface area contributed by atoms with Gasteiger partial charge in [0.25, 0.3) is 5.79 Å². The van der Waals surface area contributed by atoms with E-state index in [9.17, 15) is 9.59 Å². The Morgan fingerprint density at radius 3 is 2.16 bits per heavy atom. The lowest BCUT2D eigenvalue weighted by atomic mass is 9.85. The van der Waals surface area contributed by atoms with Crippen LogP contribution in [0.25, 0.3) is 6.08 Å². The lowest BCUT2D eigenvalue weighted by molar-refractivity contribution is -0.261. The molecule has 0 aromatic heterocycles. The van der Waals surface area contributed by atoms with Crippen molar-refractivity contribution in [2.45, 2.75) is 47.0 Å². The predicted molar refractivity (Wildman–Crippen MR) is 116 cm³/mol. The van der Waals surface area contributed by atoms with Crippen molar-refractivity contribution in [3.8, 4) is 11.5 Å². The maximum absolute atomic E-state index is 12.6. The van der Waals surface area contributed by atoms with Crippen LogP contribution in [0.15, 0.2) is 54.1 Å². The smallest absolute Gasteiger partial charge is 0.348 e. The topological polar surface area (TPSA) is 71.1 Å². The summed E-state index contributed by atoms with van der Waals surface area (Å²) in [6, 6.07) is 15.0. The van der Waals surface area contributed by atoms with Gasteiger partial charge in [0, 0.05) is 12.3 Å². The Bertz CT molecular complexity index is 965. The standard InChI is InChI=1S/C25H28O6/c1-6-28-21-15-18(12-13-20(21)29-16-17-10-8-7-9-11-17)14-19-22(26)30-25(5,24(2,3)4)31-23(19)27/h7-15H,6,16H2,1-5H3. The summed E-state index contributed by atoms with van der Waals surface area (Å²) in [6.07, 6.45) is 1.44. The summed E-state index contributed by atoms with van der Waals surface area (Å²) in [5, 5.41) is 0. The molecule has 1 fully saturated rings. The molecule has 6 nitrogen and oxygen atoms in total. The Morgan fingerprint density at radius 1 is 0.935 bits per heavy atom. The highest BCUT2D eigenvalue weighted by atomic mass is 16.7. The molecule has 0 spiro atoms. The number of hydrogen-bond acceptors (Lipinski definition) is 6. The fourth-order valence-corrected chi connectivity index (χ4v) is 2.90. The summed E-state index contributed by atoms with van der Waals surface area (Å²) in [5.74, 6) is -1.66. The molecule has 31 heavy (non-hydrogen) atoms. The largest absolute Gasteiger partial charge is 0.490 e. The molecular formula is C25H28O6. The van der Waals surface area contributed by atoms with Crippen LogP contribution in [0.4, 0.5) is 0 Å². The molecule has 1 saturated heterocycles. The van der Waals surface area contributed by atoms with Crippen LogP contribution in [-0.4, -0.2) is 24.3 Å². The Balaban J connectivity index is 1.83. The molecule has 1 aliphatic rings. The molecule has 0 amide bonds. The minimum Gasteiger partial charge on any atom is -0.490 e. The molecule has 1 heterocycles. The van der Waals surface area contributed by atoms with Crippen LogP contribution in [0.2, 0.25) is 0 Å². The van der Waals surface area contributed by atoms with Gasteiger partial charge in [-0.3, -0.25) is 0 Å². The number of carbonyl (C=O) groups is 2. The quantitative estimate of drug-likeness (QED) is 0.373. The third kappa shape index (κ3) is 5.08. The first-order valence-electron chi connectivity index (χ1n) is 10.2. The summed E-state index contributed by atoms with van der Waals surface area (Å²) in [5.41, 5.74) is 0.899. The third-order valence-corrected chi connectivity index (χ3v) is 5.19. The summed E-state index contributed by atoms with van der Waals surface area (Å²) in [7, 11) is 0. The minimum absolute atomic E-state index is 0.165. The Kier molecular flexibility index (Phi) is 6.39. The van der Waals surface area contributed by atoms with Gasteiger partial charge in [0.15, 0.2) is 11.5 Å². The van der Waals surface area contributed by atoms with Crippen molar-refractivity contribution in [2.75, 3.05) is 6.61 Å². The van der Waals surface area contributed by atoms with Crippen LogP contribution >= 0.6 is 0 Å². The van der Waals surface area contributed by atoms with E-state index in [0.717, 1.165) is 5.56 Å². The molecule has 0 radical (unpaired) electrons. The molecule has 3 rings (SSSR count). The monoisotopic (exact) mass is 424 g/mol. The maximum atomic E-state index is 12.6. The van der Waals surface area contributed by atoms with Gasteiger partial charge in [-0.05, 0) is 36.3 Å². The molecule has 0 unspecified atom stereocenters. The van der Waals surface area contributed by atoms with Gasteiger partial charge >= 0.3 is 11.9 Å². The van der Waals surface area contributed by atoms with Crippen LogP contribution in [0.1, 0.15) is 45.7 Å². The lowest BCUT2D eigenvalue weighted by Gasteiger charge is -2.42. The van der Waals surface area contributed by atoms with Crippen molar-refractivity contribution in [2.24, 2.45) is 5.41 Å². The zero-order chi connectivity index (χ0) is 22.6. The van der Waals surface area contributed by atoms with E-state index in [2.05, 4.69) is 0 Å². The number of esters is 2. The van der Waals surface area contributed by atoms with Crippen molar-refractivity contribution >= 4 is 18.0 Å². The highest BCUT2D eigenvalue weighted by molar-refractivity contribution is 6.19. The highest BCUT2D eigenvalue weighted by Gasteiger charge is 2.50. The molecule has 0 N–H and O–H groups in total. The van der Waals surface area contributed by atoms with Crippen LogP contribution in [0, 0.1) is 5.41 Å². The predicted octanol–water partition coefficient (Wildman–Crippen LogP) is 4.91. The SMILES string of the molecule is CCOc1cc(C=C2C(=O)OC(C)(C(C)(C)C)OC2=O)ccc1OCc1ccccc1. The number of cyclic esters (lactones) is 2. The summed E-state index contributed by atoms with van der Waals surface area (Å²) in [6.45, 7) is 9.81. The number of benzene rings is 2. The Hall–Kier alpha value is -3.28. The molecule has 0 aliphatic carbocycles. The van der Waals surface area contributed by atoms with Crippen LogP contribution < -0.4 is 9.47 Å². The highest BCUT2D eigenvalue weighted by Crippen LogP contribution is 2.39. The number of carbonyl (C=O) groups excluding carboxylic acids is 2. The van der Waals surface area contributed by atoms with Crippen molar-refractivity contribution < 1.29 is 28.5 Å². The second kappa shape index (κ2) is 8.84. The molecule has 164 valence electrons. The van der Waals surface area contributed by atoms with E-state index in [1.807, 2.05) is 58.0 Å². The number of hydrogen-bond donors (Lipinski definition) is 0. The normalized spacial score (nSPS) is 18.8. The van der Waals surface area contributed by atoms with E-state index >= 15 is 0 Å².